The summed E-state index contributed by atoms with van der Waals surface area (Å²) in [5, 5.41) is 11.8. The average Bonchev–Trinajstić information content (AvgIpc) is 3.44. The van der Waals surface area contributed by atoms with Crippen LogP contribution in [-0.2, 0) is 33.3 Å². The largest absolute Gasteiger partial charge is 0.545 e. The average molecular weight is 1130 g/mol. The number of carbonyl (C=O) groups is 3. The van der Waals surface area contributed by atoms with E-state index in [0.29, 0.717) is 17.4 Å². The number of hydrogen-bond acceptors (Lipinski definition) is 8. The van der Waals surface area contributed by atoms with E-state index in [-0.39, 0.29) is 38.6 Å². The highest BCUT2D eigenvalue weighted by Gasteiger charge is 2.22. The molecule has 0 aliphatic carbocycles. The van der Waals surface area contributed by atoms with E-state index in [0.717, 1.165) is 103 Å². The Morgan fingerprint density at radius 3 is 1.05 bits per heavy atom. The van der Waals surface area contributed by atoms with E-state index in [1.807, 2.05) is 21.1 Å². The molecule has 0 aliphatic rings. The number of hydrogen-bond donors (Lipinski definition) is 0. The van der Waals surface area contributed by atoms with Crippen molar-refractivity contribution in [3.8, 4) is 0 Å². The second-order valence-corrected chi connectivity index (χ2v) is 23.0. The first-order valence-corrected chi connectivity index (χ1v) is 33.0. The van der Waals surface area contributed by atoms with Crippen molar-refractivity contribution in [1.29, 1.82) is 0 Å². The van der Waals surface area contributed by atoms with Gasteiger partial charge in [-0.1, -0.05) is 264 Å². The smallest absolute Gasteiger partial charge is 0.306 e. The maximum absolute atomic E-state index is 12.9. The molecule has 0 saturated carbocycles. The molecule has 0 aromatic rings. The van der Waals surface area contributed by atoms with Gasteiger partial charge in [0.2, 0.25) is 0 Å². The van der Waals surface area contributed by atoms with Crippen LogP contribution >= 0.6 is 0 Å². The highest BCUT2D eigenvalue weighted by molar-refractivity contribution is 5.70. The van der Waals surface area contributed by atoms with Gasteiger partial charge in [0.1, 0.15) is 13.2 Å². The Kier molecular flexibility index (Phi) is 58.9. The van der Waals surface area contributed by atoms with Crippen molar-refractivity contribution in [3.05, 3.63) is 109 Å². The van der Waals surface area contributed by atoms with Gasteiger partial charge in [0.15, 0.2) is 12.4 Å². The lowest BCUT2D eigenvalue weighted by Crippen LogP contribution is -2.44. The van der Waals surface area contributed by atoms with Crippen LogP contribution in [0.4, 0.5) is 0 Å². The van der Waals surface area contributed by atoms with Crippen LogP contribution in [0.25, 0.3) is 0 Å². The van der Waals surface area contributed by atoms with E-state index < -0.39 is 24.3 Å². The van der Waals surface area contributed by atoms with Gasteiger partial charge in [0.25, 0.3) is 0 Å². The van der Waals surface area contributed by atoms with Crippen molar-refractivity contribution in [2.75, 3.05) is 47.5 Å². The lowest BCUT2D eigenvalue weighted by Gasteiger charge is -2.26. The van der Waals surface area contributed by atoms with Gasteiger partial charge in [-0.3, -0.25) is 9.59 Å². The van der Waals surface area contributed by atoms with Crippen LogP contribution in [0.2, 0.25) is 0 Å². The molecule has 81 heavy (non-hydrogen) atoms. The Hall–Kier alpha value is -4.05. The first kappa shape index (κ1) is 77.0. The second-order valence-electron chi connectivity index (χ2n) is 23.0. The first-order chi connectivity index (χ1) is 39.6. The summed E-state index contributed by atoms with van der Waals surface area (Å²) < 4.78 is 22.7. The Bertz CT molecular complexity index is 1700. The molecule has 464 valence electrons. The van der Waals surface area contributed by atoms with Crippen LogP contribution < -0.4 is 5.11 Å². The van der Waals surface area contributed by atoms with E-state index in [1.165, 1.54) is 135 Å². The highest BCUT2D eigenvalue weighted by Crippen LogP contribution is 2.17. The first-order valence-electron chi connectivity index (χ1n) is 33.0. The summed E-state index contributed by atoms with van der Waals surface area (Å²) >= 11 is 0. The summed E-state index contributed by atoms with van der Waals surface area (Å²) in [7, 11) is 5.92. The Labute approximate surface area is 498 Å². The number of likely N-dealkylation sites (N-methyl/N-ethyl adjacent to an activating group) is 1. The van der Waals surface area contributed by atoms with Gasteiger partial charge < -0.3 is 33.3 Å². The lowest BCUT2D eigenvalue weighted by molar-refractivity contribution is -0.870. The van der Waals surface area contributed by atoms with E-state index in [4.69, 9.17) is 18.9 Å². The number of quaternary nitrogens is 1. The van der Waals surface area contributed by atoms with Gasteiger partial charge in [0.05, 0.1) is 40.3 Å². The fourth-order valence-electron chi connectivity index (χ4n) is 8.96. The molecule has 0 saturated heterocycles. The molecule has 0 spiro atoms. The minimum absolute atomic E-state index is 0.143. The molecule has 0 N–H and O–H groups in total. The van der Waals surface area contributed by atoms with E-state index in [1.54, 1.807) is 0 Å². The van der Waals surface area contributed by atoms with Gasteiger partial charge in [-0.2, -0.15) is 0 Å². The van der Waals surface area contributed by atoms with Crippen LogP contribution in [0.1, 0.15) is 271 Å². The molecule has 0 fully saturated rings. The van der Waals surface area contributed by atoms with Crippen LogP contribution in [0.5, 0.6) is 0 Å². The predicted octanol–water partition coefficient (Wildman–Crippen LogP) is 18.9. The summed E-state index contributed by atoms with van der Waals surface area (Å²) in [6.07, 6.45) is 83.0. The molecule has 0 radical (unpaired) electrons. The maximum atomic E-state index is 12.9. The van der Waals surface area contributed by atoms with Crippen LogP contribution in [0.15, 0.2) is 109 Å². The SMILES string of the molecule is CC/C=C\C/C=C\C/C=C\C/C=C\C/C=C\C/C=C\C/C=C\CCCCCCCCCCCCCCCCCCCC(=O)OC(COC(=O)CCCCCCCCC/C=C\C/C=C\CCCCC)COC(OCC[N+](C)(C)C)C(=O)[O-]. The number of aliphatic carboxylic acids is 1. The number of ether oxygens (including phenoxy) is 4. The van der Waals surface area contributed by atoms with E-state index in [9.17, 15) is 19.5 Å². The minimum atomic E-state index is -1.63. The summed E-state index contributed by atoms with van der Waals surface area (Å²) in [6, 6.07) is 0. The molecule has 0 rings (SSSR count). The van der Waals surface area contributed by atoms with Gasteiger partial charge in [-0.25, -0.2) is 0 Å². The summed E-state index contributed by atoms with van der Waals surface area (Å²) in [5.74, 6) is -2.29. The molecule has 0 aromatic heterocycles. The third kappa shape index (κ3) is 63.4. The molecular weight excluding hydrogens is 1010 g/mol. The summed E-state index contributed by atoms with van der Waals surface area (Å²) in [4.78, 5) is 37.4. The number of carboxylic acids is 1. The zero-order chi connectivity index (χ0) is 59.1. The second kappa shape index (κ2) is 62.0. The van der Waals surface area contributed by atoms with Gasteiger partial charge in [-0.05, 0) is 103 Å². The predicted molar refractivity (Wildman–Crippen MR) is 343 cm³/mol. The van der Waals surface area contributed by atoms with Crippen molar-refractivity contribution >= 4 is 17.9 Å². The van der Waals surface area contributed by atoms with Crippen LogP contribution in [-0.4, -0.2) is 82.3 Å². The fraction of sp³-hybridized carbons (Fsp3) is 0.708. The molecule has 0 amide bonds. The molecule has 0 heterocycles. The normalized spacial score (nSPS) is 13.4. The molecular formula is C72H123NO8. The standard InChI is InChI=1S/C72H123NO8/c1-6-8-10-12-14-16-18-20-22-24-25-26-27-28-29-30-31-32-33-34-35-36-37-38-39-40-41-42-43-44-45-47-49-51-53-55-57-59-61-63-70(75)81-68(67-80-72(71(76)77)78-65-64-73(3,4)5)66-79-69(74)62-60-58-56-54-52-50-48-46-23-21-19-17-15-13-11-9-7-2/h8,10,14-17,20-23,25-26,28-29,31-32,34-35,68,72H,6-7,9,11-13,18-19,24,27,30,33,36-67H2,1-5H3/b10-8-,16-14-,17-15-,22-20-,23-21-,26-25-,29-28-,32-31-,35-34-. The molecule has 9 nitrogen and oxygen atoms in total. The maximum Gasteiger partial charge on any atom is 0.306 e. The van der Waals surface area contributed by atoms with Gasteiger partial charge in [-0.15, -0.1) is 0 Å². The van der Waals surface area contributed by atoms with Crippen LogP contribution in [0, 0.1) is 0 Å². The van der Waals surface area contributed by atoms with Crippen molar-refractivity contribution in [1.82, 2.24) is 0 Å². The van der Waals surface area contributed by atoms with E-state index in [2.05, 4.69) is 123 Å². The fourth-order valence-corrected chi connectivity index (χ4v) is 8.96. The monoisotopic (exact) mass is 1130 g/mol. The molecule has 0 bridgehead atoms. The number of nitrogens with zero attached hydrogens (tertiary/aromatic N) is 1. The molecule has 0 aromatic carbocycles. The molecule has 2 unspecified atom stereocenters. The third-order valence-corrected chi connectivity index (χ3v) is 14.0. The zero-order valence-corrected chi connectivity index (χ0v) is 52.9. The Balaban J connectivity index is 4.07. The number of esters is 2. The zero-order valence-electron chi connectivity index (χ0n) is 52.9. The number of rotatable bonds is 60. The van der Waals surface area contributed by atoms with Gasteiger partial charge >= 0.3 is 11.9 Å². The number of unbranched alkanes of at least 4 members (excludes halogenated alkanes) is 27. The highest BCUT2D eigenvalue weighted by atomic mass is 16.7. The molecule has 0 aliphatic heterocycles. The number of carbonyl (C=O) groups excluding carboxylic acids is 3. The number of allylic oxidation sites excluding steroid dienone is 18. The number of carboxylic acid groups (broad SMARTS) is 1. The molecule has 2 atom stereocenters. The lowest BCUT2D eigenvalue weighted by atomic mass is 10.0. The third-order valence-electron chi connectivity index (χ3n) is 14.0. The van der Waals surface area contributed by atoms with Crippen LogP contribution in [0.3, 0.4) is 0 Å². The quantitative estimate of drug-likeness (QED) is 0.0195. The Morgan fingerprint density at radius 2 is 0.704 bits per heavy atom. The van der Waals surface area contributed by atoms with Crippen molar-refractivity contribution in [2.24, 2.45) is 0 Å². The summed E-state index contributed by atoms with van der Waals surface area (Å²) in [5.41, 5.74) is 0. The van der Waals surface area contributed by atoms with Gasteiger partial charge in [0, 0.05) is 12.8 Å². The summed E-state index contributed by atoms with van der Waals surface area (Å²) in [6.45, 7) is 4.61. The minimum Gasteiger partial charge on any atom is -0.545 e. The van der Waals surface area contributed by atoms with E-state index >= 15 is 0 Å². The molecule has 9 heteroatoms. The van der Waals surface area contributed by atoms with Crippen molar-refractivity contribution < 1.29 is 42.9 Å². The Morgan fingerprint density at radius 1 is 0.383 bits per heavy atom. The van der Waals surface area contributed by atoms with Crippen molar-refractivity contribution in [3.63, 3.8) is 0 Å². The van der Waals surface area contributed by atoms with Crippen molar-refractivity contribution in [2.45, 2.75) is 283 Å². The topological polar surface area (TPSA) is 111 Å².